The van der Waals surface area contributed by atoms with Crippen LogP contribution in [0.2, 0.25) is 0 Å². The van der Waals surface area contributed by atoms with Crippen molar-refractivity contribution in [2.75, 3.05) is 13.3 Å². The number of esters is 1. The van der Waals surface area contributed by atoms with Gasteiger partial charge in [0.05, 0.1) is 6.61 Å². The van der Waals surface area contributed by atoms with E-state index in [1.54, 1.807) is 6.92 Å². The second-order valence-corrected chi connectivity index (χ2v) is 1.72. The van der Waals surface area contributed by atoms with E-state index in [0.717, 1.165) is 0 Å². The maximum absolute atomic E-state index is 10.6. The lowest BCUT2D eigenvalue weighted by atomic mass is 10.7. The molecule has 3 nitrogen and oxygen atoms in total. The van der Waals surface area contributed by atoms with Crippen LogP contribution in [0.25, 0.3) is 0 Å². The molecule has 12 heavy (non-hydrogen) atoms. The Hall–Kier alpha value is -0.780. The number of alkyl halides is 3. The molecule has 0 aliphatic carbocycles. The molecule has 74 valence electrons. The van der Waals surface area contributed by atoms with Gasteiger partial charge in [-0.15, -0.1) is 0 Å². The summed E-state index contributed by atoms with van der Waals surface area (Å²) in [6.45, 7) is 1.65. The molecule has 1 N–H and O–H groups in total. The third-order valence-corrected chi connectivity index (χ3v) is 0.508. The van der Waals surface area contributed by atoms with Crippen LogP contribution in [-0.4, -0.2) is 30.5 Å². The fourth-order valence-corrected chi connectivity index (χ4v) is 0.203. The van der Waals surface area contributed by atoms with E-state index in [1.165, 1.54) is 6.92 Å². The number of rotatable bonds is 2. The van der Waals surface area contributed by atoms with Crippen LogP contribution in [0.15, 0.2) is 0 Å². The smallest absolute Gasteiger partial charge is 0.381 e. The fraction of sp³-hybridized carbons (Fsp3) is 0.833. The van der Waals surface area contributed by atoms with Gasteiger partial charge in [0.15, 0.2) is 6.67 Å². The molecule has 0 unspecified atom stereocenters. The third-order valence-electron chi connectivity index (χ3n) is 0.508. The van der Waals surface area contributed by atoms with Gasteiger partial charge in [-0.25, -0.2) is 4.39 Å². The van der Waals surface area contributed by atoms with Crippen molar-refractivity contribution in [1.29, 1.82) is 0 Å². The molecule has 0 atom stereocenters. The van der Waals surface area contributed by atoms with Crippen molar-refractivity contribution in [2.45, 2.75) is 20.0 Å². The summed E-state index contributed by atoms with van der Waals surface area (Å²) < 4.78 is 36.2. The number of hydrogen-bond acceptors (Lipinski definition) is 3. The summed E-state index contributed by atoms with van der Waals surface area (Å²) in [6.07, 6.45) is -4.12. The second-order valence-electron chi connectivity index (χ2n) is 1.72. The average Bonchev–Trinajstić information content (AvgIpc) is 1.87. The first-order chi connectivity index (χ1) is 5.33. The van der Waals surface area contributed by atoms with Gasteiger partial charge in [0.2, 0.25) is 0 Å². The van der Waals surface area contributed by atoms with Crippen molar-refractivity contribution in [3.05, 3.63) is 0 Å². The summed E-state index contributed by atoms with van der Waals surface area (Å²) in [5.41, 5.74) is 0. The molecular formula is C6H11F3O3. The van der Waals surface area contributed by atoms with Crippen molar-refractivity contribution in [3.63, 3.8) is 0 Å². The first kappa shape index (κ1) is 13.8. The Kier molecular flexibility index (Phi) is 7.93. The van der Waals surface area contributed by atoms with Crippen LogP contribution in [0.4, 0.5) is 13.2 Å². The number of aliphatic hydroxyl groups is 1. The quantitative estimate of drug-likeness (QED) is 0.660. The number of hydrogen-bond donors (Lipinski definition) is 1. The molecular weight excluding hydrogens is 177 g/mol. The number of ether oxygens (including phenoxy) is 1. The van der Waals surface area contributed by atoms with Crippen molar-refractivity contribution in [1.82, 2.24) is 0 Å². The van der Waals surface area contributed by atoms with E-state index in [1.807, 2.05) is 0 Å². The molecule has 0 aliphatic rings. The maximum Gasteiger partial charge on any atom is 0.381 e. The highest BCUT2D eigenvalue weighted by Gasteiger charge is 2.22. The number of carbonyl (C=O) groups excluding carboxylic acids is 1. The predicted octanol–water partition coefficient (Wildman–Crippen LogP) is 1.11. The highest BCUT2D eigenvalue weighted by Crippen LogP contribution is 2.06. The van der Waals surface area contributed by atoms with E-state index in [2.05, 4.69) is 4.74 Å². The van der Waals surface area contributed by atoms with Crippen LogP contribution in [0.1, 0.15) is 13.8 Å². The van der Waals surface area contributed by atoms with E-state index in [-0.39, 0.29) is 5.97 Å². The molecule has 0 spiro atoms. The lowest BCUT2D eigenvalue weighted by molar-refractivity contribution is -0.208. The molecule has 0 amide bonds. The van der Waals surface area contributed by atoms with Gasteiger partial charge in [0, 0.05) is 6.92 Å². The minimum Gasteiger partial charge on any atom is -0.466 e. The monoisotopic (exact) mass is 188 g/mol. The Balaban J connectivity index is 0. The minimum atomic E-state index is -4.12. The van der Waals surface area contributed by atoms with Crippen LogP contribution in [-0.2, 0) is 9.53 Å². The third kappa shape index (κ3) is 22.9. The van der Waals surface area contributed by atoms with Gasteiger partial charge in [-0.3, -0.25) is 4.79 Å². The molecule has 0 bridgehead atoms. The maximum atomic E-state index is 10.6. The van der Waals surface area contributed by atoms with Crippen LogP contribution in [0.5, 0.6) is 0 Å². The zero-order valence-corrected chi connectivity index (χ0v) is 6.81. The van der Waals surface area contributed by atoms with E-state index in [0.29, 0.717) is 6.61 Å². The standard InChI is InChI=1S/C4H8O2.C2H3F3O/c1-3-6-4(2)5;3-1-2(4,5)6/h3H2,1-2H3;6H,1H2. The molecule has 0 radical (unpaired) electrons. The molecule has 0 aromatic carbocycles. The molecule has 0 saturated heterocycles. The highest BCUT2D eigenvalue weighted by atomic mass is 19.3. The predicted molar refractivity (Wildman–Crippen MR) is 35.4 cm³/mol. The van der Waals surface area contributed by atoms with E-state index >= 15 is 0 Å². The Bertz CT molecular complexity index is 122. The average molecular weight is 188 g/mol. The Morgan fingerprint density at radius 3 is 1.92 bits per heavy atom. The van der Waals surface area contributed by atoms with Gasteiger partial charge in [0.1, 0.15) is 0 Å². The first-order valence-corrected chi connectivity index (χ1v) is 3.13. The minimum absolute atomic E-state index is 0.211. The van der Waals surface area contributed by atoms with Gasteiger partial charge in [-0.05, 0) is 6.92 Å². The normalized spacial score (nSPS) is 9.83. The summed E-state index contributed by atoms with van der Waals surface area (Å²) in [6, 6.07) is 0. The van der Waals surface area contributed by atoms with Crippen molar-refractivity contribution >= 4 is 5.97 Å². The first-order valence-electron chi connectivity index (χ1n) is 3.13. The summed E-state index contributed by atoms with van der Waals surface area (Å²) in [5.74, 6) is -0.211. The Morgan fingerprint density at radius 1 is 1.58 bits per heavy atom. The lowest BCUT2D eigenvalue weighted by Gasteiger charge is -1.97. The number of halogens is 3. The molecule has 0 heterocycles. The van der Waals surface area contributed by atoms with Gasteiger partial charge >= 0.3 is 12.1 Å². The second kappa shape index (κ2) is 6.90. The van der Waals surface area contributed by atoms with Gasteiger partial charge in [-0.1, -0.05) is 0 Å². The molecule has 0 aliphatic heterocycles. The van der Waals surface area contributed by atoms with Gasteiger partial charge in [0.25, 0.3) is 0 Å². The fourth-order valence-electron chi connectivity index (χ4n) is 0.203. The van der Waals surface area contributed by atoms with Crippen LogP contribution in [0, 0.1) is 0 Å². The summed E-state index contributed by atoms with van der Waals surface area (Å²) >= 11 is 0. The Labute approximate surface area is 68.1 Å². The van der Waals surface area contributed by atoms with E-state index in [4.69, 9.17) is 5.11 Å². The molecule has 0 aromatic rings. The molecule has 0 saturated carbocycles. The zero-order chi connectivity index (χ0) is 10.2. The summed E-state index contributed by atoms with van der Waals surface area (Å²) in [5, 5.41) is 7.12. The number of carbonyl (C=O) groups is 1. The summed E-state index contributed by atoms with van der Waals surface area (Å²) in [4.78, 5) is 9.82. The SMILES string of the molecule is CCOC(C)=O.OC(F)(F)CF. The van der Waals surface area contributed by atoms with Crippen LogP contribution < -0.4 is 0 Å². The molecule has 0 fully saturated rings. The summed E-state index contributed by atoms with van der Waals surface area (Å²) in [7, 11) is 0. The molecule has 6 heteroatoms. The van der Waals surface area contributed by atoms with Crippen LogP contribution in [0.3, 0.4) is 0 Å². The van der Waals surface area contributed by atoms with Crippen molar-refractivity contribution < 1.29 is 27.8 Å². The molecule has 0 aromatic heterocycles. The van der Waals surface area contributed by atoms with Gasteiger partial charge < -0.3 is 9.84 Å². The topological polar surface area (TPSA) is 46.5 Å². The largest absolute Gasteiger partial charge is 0.466 e. The van der Waals surface area contributed by atoms with Crippen molar-refractivity contribution in [3.8, 4) is 0 Å². The molecule has 0 rings (SSSR count). The van der Waals surface area contributed by atoms with Gasteiger partial charge in [-0.2, -0.15) is 8.78 Å². The van der Waals surface area contributed by atoms with Crippen LogP contribution >= 0.6 is 0 Å². The highest BCUT2D eigenvalue weighted by molar-refractivity contribution is 5.65. The van der Waals surface area contributed by atoms with Crippen molar-refractivity contribution in [2.24, 2.45) is 0 Å². The van der Waals surface area contributed by atoms with E-state index < -0.39 is 12.8 Å². The lowest BCUT2D eigenvalue weighted by Crippen LogP contribution is -2.15. The van der Waals surface area contributed by atoms with E-state index in [9.17, 15) is 18.0 Å². The Morgan fingerprint density at radius 2 is 1.92 bits per heavy atom. The zero-order valence-electron chi connectivity index (χ0n) is 6.81.